The molecule has 14 atom stereocenters. The molecule has 38 heteroatoms. The number of likely N-dealkylation sites (tertiary alicyclic amines) is 1. The highest BCUT2D eigenvalue weighted by Crippen LogP contribution is 2.33. The van der Waals surface area contributed by atoms with Crippen LogP contribution in [0.1, 0.15) is 221 Å². The van der Waals surface area contributed by atoms with Crippen molar-refractivity contribution in [3.05, 3.63) is 150 Å². The second-order valence-electron chi connectivity index (χ2n) is 38.2. The highest BCUT2D eigenvalue weighted by molar-refractivity contribution is 6.13. The van der Waals surface area contributed by atoms with E-state index in [9.17, 15) is 86.6 Å². The van der Waals surface area contributed by atoms with E-state index in [2.05, 4.69) is 63.8 Å². The quantitative estimate of drug-likeness (QED) is 0.0112. The Morgan fingerprint density at radius 3 is 1.38 bits per heavy atom. The molecule has 4 aromatic carbocycles. The maximum absolute atomic E-state index is 15.0. The molecule has 1 saturated heterocycles. The summed E-state index contributed by atoms with van der Waals surface area (Å²) < 4.78 is 11.9. The van der Waals surface area contributed by atoms with Crippen LogP contribution >= 0.6 is 0 Å². The number of aliphatic hydroxyl groups is 1. The fraction of sp³-hybridized carbons (Fsp3) is 0.563. The van der Waals surface area contributed by atoms with E-state index in [1.54, 1.807) is 159 Å². The van der Waals surface area contributed by atoms with Crippen molar-refractivity contribution in [1.29, 1.82) is 0 Å². The highest BCUT2D eigenvalue weighted by atomic mass is 16.6. The summed E-state index contributed by atoms with van der Waals surface area (Å²) in [6.45, 7) is 24.5. The average molecular weight is 1960 g/mol. The molecule has 0 aliphatic carbocycles. The molecule has 141 heavy (non-hydrogen) atoms. The van der Waals surface area contributed by atoms with Crippen LogP contribution in [0, 0.1) is 41.4 Å². The van der Waals surface area contributed by atoms with Gasteiger partial charge in [0.05, 0.1) is 30.7 Å². The zero-order chi connectivity index (χ0) is 104. The predicted octanol–water partition coefficient (Wildman–Crippen LogP) is 8.44. The van der Waals surface area contributed by atoms with Gasteiger partial charge in [0, 0.05) is 133 Å². The topological polar surface area (TPSA) is 515 Å². The molecule has 0 bridgehead atoms. The molecule has 4 aromatic rings. The number of benzene rings is 4. The van der Waals surface area contributed by atoms with E-state index < -0.39 is 179 Å². The number of hydrogen-bond donors (Lipinski definition) is 14. The molecule has 0 saturated carbocycles. The number of nitrogens with zero attached hydrogens (tertiary/aromatic N) is 5. The van der Waals surface area contributed by atoms with Gasteiger partial charge in [0.1, 0.15) is 42.9 Å². The summed E-state index contributed by atoms with van der Waals surface area (Å²) in [4.78, 5) is 237. The van der Waals surface area contributed by atoms with Crippen LogP contribution in [0.2, 0.25) is 0 Å². The monoisotopic (exact) mass is 1960 g/mol. The van der Waals surface area contributed by atoms with Crippen LogP contribution in [0.5, 0.6) is 0 Å². The Morgan fingerprint density at radius 2 is 0.943 bits per heavy atom. The van der Waals surface area contributed by atoms with Gasteiger partial charge in [0.25, 0.3) is 23.6 Å². The second-order valence-corrected chi connectivity index (χ2v) is 38.2. The fourth-order valence-electron chi connectivity index (χ4n) is 17.3. The summed E-state index contributed by atoms with van der Waals surface area (Å²) >= 11 is 0. The number of nitrogens with one attached hydrogen (secondary N) is 12. The SMILES string of the molecule is CC[C@H](C)[C@@H]([C@@H](CC(=O)N1CCC[C@H]1[C@H](C)[C@@H](C)C(=O)N[C@H](C)[C@@H](O)c1ccccc1)OC)N(C)C(=O)[C@@H](NC(=O)[C@H](C(C)C)N(C)C(=O)OCc1ccc(NC(=O)[C@H](CCCNC(=O)NCc2ccc(NC(=O)[C@H](CCCNC(=O)NCc3ccc(N)cc3)NC(=O)[C@@H](NC(=O)CCCCCN3C(=O)C=CC3=O)C(C)C)cc2)NC(=O)[C@@H](NC(=O)CCCCCN2C(=O)C=CC2=O)C(C)C)cc1)C(C)C. The molecule has 0 radical (unpaired) electrons. The minimum Gasteiger partial charge on any atom is -0.445 e. The normalized spacial score (nSPS) is 16.3. The van der Waals surface area contributed by atoms with Crippen molar-refractivity contribution < 1.29 is 96.1 Å². The van der Waals surface area contributed by atoms with Gasteiger partial charge in [-0.2, -0.15) is 0 Å². The Labute approximate surface area is 828 Å². The van der Waals surface area contributed by atoms with Gasteiger partial charge in [-0.1, -0.05) is 169 Å². The Bertz CT molecular complexity index is 4900. The predicted molar refractivity (Wildman–Crippen MR) is 533 cm³/mol. The Kier molecular flexibility index (Phi) is 46.9. The number of anilines is 3. The molecule has 3 heterocycles. The summed E-state index contributed by atoms with van der Waals surface area (Å²) in [5, 5.41) is 44.9. The maximum Gasteiger partial charge on any atom is 0.410 e. The van der Waals surface area contributed by atoms with Gasteiger partial charge in [-0.25, -0.2) is 14.4 Å². The molecule has 15 N–H and O–H groups in total. The number of amides is 19. The summed E-state index contributed by atoms with van der Waals surface area (Å²) in [7, 11) is 4.56. The van der Waals surface area contributed by atoms with Crippen LogP contribution in [-0.2, 0) is 96.3 Å². The van der Waals surface area contributed by atoms with Crippen molar-refractivity contribution in [3.63, 3.8) is 0 Å². The molecule has 0 aromatic heterocycles. The van der Waals surface area contributed by atoms with Crippen LogP contribution in [0.4, 0.5) is 31.4 Å². The third-order valence-corrected chi connectivity index (χ3v) is 26.1. The number of carbonyl (C=O) groups is 17. The first-order valence-corrected chi connectivity index (χ1v) is 49.3. The number of likely N-dealkylation sites (N-methyl/N-ethyl adjacent to an activating group) is 2. The molecule has 19 amide bonds. The van der Waals surface area contributed by atoms with Crippen LogP contribution in [0.25, 0.3) is 0 Å². The van der Waals surface area contributed by atoms with Crippen molar-refractivity contribution >= 4 is 118 Å². The number of unbranched alkanes of at least 4 members (excludes halogenated alkanes) is 4. The van der Waals surface area contributed by atoms with E-state index in [1.807, 2.05) is 50.8 Å². The summed E-state index contributed by atoms with van der Waals surface area (Å²) in [6, 6.07) is 19.7. The molecule has 0 unspecified atom stereocenters. The number of imide groups is 2. The van der Waals surface area contributed by atoms with E-state index in [-0.39, 0.29) is 126 Å². The summed E-state index contributed by atoms with van der Waals surface area (Å²) in [6.07, 6.45) is 7.50. The van der Waals surface area contributed by atoms with E-state index in [4.69, 9.17) is 15.2 Å². The number of methoxy groups -OCH3 is 1. The van der Waals surface area contributed by atoms with Gasteiger partial charge in [-0.15, -0.1) is 0 Å². The van der Waals surface area contributed by atoms with Crippen molar-refractivity contribution in [2.75, 3.05) is 70.3 Å². The highest BCUT2D eigenvalue weighted by Gasteiger charge is 2.44. The Balaban J connectivity index is 0.944. The van der Waals surface area contributed by atoms with Gasteiger partial charge in [-0.05, 0) is 165 Å². The minimum absolute atomic E-state index is 0.0131. The number of aliphatic hydroxyl groups excluding tert-OH is 1. The zero-order valence-electron chi connectivity index (χ0n) is 84.5. The first-order chi connectivity index (χ1) is 67.0. The smallest absolute Gasteiger partial charge is 0.410 e. The number of nitrogen functional groups attached to an aromatic ring is 1. The Morgan fingerprint density at radius 1 is 0.489 bits per heavy atom. The lowest BCUT2D eigenvalue weighted by Gasteiger charge is -2.41. The number of hydrogen-bond acceptors (Lipinski definition) is 21. The summed E-state index contributed by atoms with van der Waals surface area (Å²) in [5.41, 5.74) is 9.59. The van der Waals surface area contributed by atoms with Gasteiger partial charge in [0.15, 0.2) is 0 Å². The number of rotatable bonds is 57. The van der Waals surface area contributed by atoms with Crippen LogP contribution in [0.15, 0.2) is 127 Å². The van der Waals surface area contributed by atoms with Crippen LogP contribution in [-0.4, -0.2) is 245 Å². The maximum atomic E-state index is 15.0. The fourth-order valence-corrected chi connectivity index (χ4v) is 17.3. The lowest BCUT2D eigenvalue weighted by atomic mass is 9.86. The third kappa shape index (κ3) is 36.2. The molecular weight excluding hydrogens is 1810 g/mol. The molecule has 0 spiro atoms. The van der Waals surface area contributed by atoms with Crippen LogP contribution < -0.4 is 69.5 Å². The first-order valence-electron chi connectivity index (χ1n) is 49.3. The lowest BCUT2D eigenvalue weighted by Crippen LogP contribution is -2.60. The van der Waals surface area contributed by atoms with Gasteiger partial charge < -0.3 is 93.9 Å². The number of urea groups is 2. The summed E-state index contributed by atoms with van der Waals surface area (Å²) in [5.74, 6) is -9.22. The number of nitrogens with two attached hydrogens (primary N) is 1. The van der Waals surface area contributed by atoms with Gasteiger partial charge >= 0.3 is 18.2 Å². The molecule has 38 nitrogen and oxygen atoms in total. The zero-order valence-corrected chi connectivity index (χ0v) is 84.5. The molecule has 772 valence electrons. The Hall–Kier alpha value is -13.1. The molecule has 3 aliphatic rings. The van der Waals surface area contributed by atoms with E-state index in [0.717, 1.165) is 26.7 Å². The van der Waals surface area contributed by atoms with Crippen molar-refractivity contribution in [3.8, 4) is 0 Å². The molecule has 3 aliphatic heterocycles. The minimum atomic E-state index is -1.24. The number of ether oxygens (including phenoxy) is 2. The van der Waals surface area contributed by atoms with E-state index >= 15 is 0 Å². The molecular formula is C103H150N18O20. The third-order valence-electron chi connectivity index (χ3n) is 26.1. The van der Waals surface area contributed by atoms with E-state index in [1.165, 1.54) is 38.5 Å². The van der Waals surface area contributed by atoms with Gasteiger partial charge in [0.2, 0.25) is 59.1 Å². The largest absolute Gasteiger partial charge is 0.445 e. The van der Waals surface area contributed by atoms with Crippen molar-refractivity contribution in [2.45, 2.75) is 279 Å². The van der Waals surface area contributed by atoms with E-state index in [0.29, 0.717) is 86.0 Å². The second kappa shape index (κ2) is 57.6. The van der Waals surface area contributed by atoms with Crippen molar-refractivity contribution in [1.82, 2.24) is 77.7 Å². The number of carbonyl (C=O) groups excluding carboxylic acids is 17. The van der Waals surface area contributed by atoms with Crippen LogP contribution in [0.3, 0.4) is 0 Å². The van der Waals surface area contributed by atoms with Crippen molar-refractivity contribution in [2.24, 2.45) is 41.4 Å². The first kappa shape index (κ1) is 115. The average Bonchev–Trinajstić information content (AvgIpc) is 1.78. The molecule has 1 fully saturated rings. The van der Waals surface area contributed by atoms with Gasteiger partial charge in [-0.3, -0.25) is 81.8 Å². The lowest BCUT2D eigenvalue weighted by molar-refractivity contribution is -0.146. The molecule has 7 rings (SSSR count). The standard InChI is InChI=1S/C103H150N18O20/c1-17-66(10)92(80(140-16)58-87(128)119-57-29-34-79(119)67(11)68(12)94(130)109-69(13)93(129)73-30-21-18-22-31-73)117(14)100(136)90(64(6)7)116-99(135)91(65(8)9)118(15)103(139)141-61-72-41-47-76(48-42-72)111-96(132)78(113-98(134)89(63(4)5)115-82(123)36-24-20-26-56-121-85(126)51-52-86(121)127)33-28-54-106-102(138)108-60-71-39-45-75(46-40-71)110-95(131)77(32-27-53-105-101(137)107-59-70-37-43-74(104)44-38-70)112-97(133)88(62(2)3)114-81(122)35-23-19-25-55-120-83(124)49-50-84(120)125/h18,21-22,30-31,37-52,62-69,77-80,88-93,129H,17,19-20,23-29,32-36,53-61,104H2,1-16H3,(H,109,130)(H,110,131)(H,111,132)(H,112,133)(H,113,134)(H,114,122)(H,115,123)(H,116,135)(H2,105,107,137)(H2,106,108,138)/t66-,67+,68+,69+,77-,78-,79-,80+,88-,89-,90-,91-,92-,93+/m0/s1.